The quantitative estimate of drug-likeness (QED) is 0.594. The van der Waals surface area contributed by atoms with Gasteiger partial charge in [-0.25, -0.2) is 0 Å². The summed E-state index contributed by atoms with van der Waals surface area (Å²) >= 11 is 0. The van der Waals surface area contributed by atoms with E-state index in [9.17, 15) is 9.59 Å². The van der Waals surface area contributed by atoms with Crippen molar-refractivity contribution in [1.29, 1.82) is 0 Å². The normalized spacial score (nSPS) is 17.5. The number of aryl methyl sites for hydroxylation is 1. The number of nitrogens with zero attached hydrogens (tertiary/aromatic N) is 3. The van der Waals surface area contributed by atoms with Gasteiger partial charge in [-0.05, 0) is 36.6 Å². The first-order chi connectivity index (χ1) is 15.2. The molecule has 5 rings (SSSR count). The molecule has 1 fully saturated rings. The minimum atomic E-state index is -0.441. The number of rotatable bonds is 7. The number of benzene rings is 2. The van der Waals surface area contributed by atoms with E-state index in [1.165, 1.54) is 0 Å². The van der Waals surface area contributed by atoms with Crippen LogP contribution in [0.25, 0.3) is 10.9 Å². The Balaban J connectivity index is 1.16. The molecule has 0 aliphatic carbocycles. The molecule has 3 aromatic rings. The average molecular weight is 420 g/mol. The third-order valence-electron chi connectivity index (χ3n) is 5.82. The van der Waals surface area contributed by atoms with E-state index in [0.717, 1.165) is 29.4 Å². The van der Waals surface area contributed by atoms with Gasteiger partial charge in [0.15, 0.2) is 11.5 Å². The fourth-order valence-corrected chi connectivity index (χ4v) is 4.20. The summed E-state index contributed by atoms with van der Waals surface area (Å²) in [6, 6.07) is 13.2. The van der Waals surface area contributed by atoms with E-state index in [-0.39, 0.29) is 18.6 Å². The van der Waals surface area contributed by atoms with Gasteiger partial charge in [0.1, 0.15) is 6.04 Å². The zero-order chi connectivity index (χ0) is 21.2. The van der Waals surface area contributed by atoms with Crippen molar-refractivity contribution in [3.63, 3.8) is 0 Å². The molecule has 2 aliphatic rings. The van der Waals surface area contributed by atoms with Gasteiger partial charge in [0, 0.05) is 31.4 Å². The van der Waals surface area contributed by atoms with Crippen LogP contribution >= 0.6 is 0 Å². The largest absolute Gasteiger partial charge is 0.454 e. The number of hydrogen-bond acceptors (Lipinski definition) is 5. The molecule has 31 heavy (non-hydrogen) atoms. The molecule has 160 valence electrons. The lowest BCUT2D eigenvalue weighted by atomic mass is 10.1. The van der Waals surface area contributed by atoms with Gasteiger partial charge in [0.2, 0.25) is 18.6 Å². The summed E-state index contributed by atoms with van der Waals surface area (Å²) in [5.74, 6) is 1.28. The zero-order valence-electron chi connectivity index (χ0n) is 17.1. The van der Waals surface area contributed by atoms with Crippen molar-refractivity contribution >= 4 is 22.7 Å². The third-order valence-corrected chi connectivity index (χ3v) is 5.82. The number of para-hydroxylation sites is 1. The van der Waals surface area contributed by atoms with Gasteiger partial charge < -0.3 is 19.7 Å². The summed E-state index contributed by atoms with van der Waals surface area (Å²) < 4.78 is 12.7. The Morgan fingerprint density at radius 2 is 2.03 bits per heavy atom. The maximum Gasteiger partial charge on any atom is 0.242 e. The lowest BCUT2D eigenvalue weighted by molar-refractivity contribution is -0.135. The third kappa shape index (κ3) is 3.93. The average Bonchev–Trinajstić information content (AvgIpc) is 3.50. The number of ether oxygens (including phenoxy) is 2. The van der Waals surface area contributed by atoms with Crippen LogP contribution in [0.3, 0.4) is 0 Å². The van der Waals surface area contributed by atoms with E-state index in [4.69, 9.17) is 9.47 Å². The fraction of sp³-hybridized carbons (Fsp3) is 0.348. The van der Waals surface area contributed by atoms with Crippen LogP contribution in [-0.4, -0.2) is 45.9 Å². The molecule has 1 aromatic heterocycles. The summed E-state index contributed by atoms with van der Waals surface area (Å²) in [6.45, 7) is 1.85. The Morgan fingerprint density at radius 3 is 2.97 bits per heavy atom. The fourth-order valence-electron chi connectivity index (χ4n) is 4.20. The van der Waals surface area contributed by atoms with E-state index in [1.807, 2.05) is 53.3 Å². The number of amides is 2. The van der Waals surface area contributed by atoms with Gasteiger partial charge in [-0.2, -0.15) is 5.10 Å². The van der Waals surface area contributed by atoms with Crippen LogP contribution in [0.1, 0.15) is 24.8 Å². The maximum absolute atomic E-state index is 12.8. The summed E-state index contributed by atoms with van der Waals surface area (Å²) in [4.78, 5) is 26.9. The highest BCUT2D eigenvalue weighted by Gasteiger charge is 2.35. The molecule has 1 atom stereocenters. The van der Waals surface area contributed by atoms with Crippen LogP contribution in [-0.2, 0) is 22.7 Å². The van der Waals surface area contributed by atoms with Crippen molar-refractivity contribution in [2.24, 2.45) is 0 Å². The molecular weight excluding hydrogens is 396 g/mol. The number of hydrogen-bond donors (Lipinski definition) is 1. The van der Waals surface area contributed by atoms with Crippen molar-refractivity contribution in [3.05, 3.63) is 54.2 Å². The first-order valence-electron chi connectivity index (χ1n) is 10.6. The molecular formula is C23H24N4O4. The number of carbonyl (C=O) groups is 2. The molecule has 2 aliphatic heterocycles. The molecule has 0 radical (unpaired) electrons. The van der Waals surface area contributed by atoms with Crippen molar-refractivity contribution in [3.8, 4) is 11.5 Å². The van der Waals surface area contributed by atoms with Crippen molar-refractivity contribution in [2.45, 2.75) is 38.4 Å². The van der Waals surface area contributed by atoms with E-state index in [2.05, 4.69) is 10.4 Å². The second-order valence-electron chi connectivity index (χ2n) is 7.83. The molecule has 0 spiro atoms. The van der Waals surface area contributed by atoms with Crippen molar-refractivity contribution < 1.29 is 19.1 Å². The van der Waals surface area contributed by atoms with Crippen LogP contribution in [0, 0.1) is 0 Å². The Hall–Kier alpha value is -3.55. The van der Waals surface area contributed by atoms with Gasteiger partial charge in [-0.15, -0.1) is 0 Å². The smallest absolute Gasteiger partial charge is 0.242 e. The molecule has 8 heteroatoms. The lowest BCUT2D eigenvalue weighted by Gasteiger charge is -2.24. The molecule has 2 aromatic carbocycles. The Kier molecular flexibility index (Phi) is 5.19. The van der Waals surface area contributed by atoms with E-state index in [0.29, 0.717) is 37.4 Å². The summed E-state index contributed by atoms with van der Waals surface area (Å²) in [5, 5.41) is 8.52. The second kappa shape index (κ2) is 8.29. The summed E-state index contributed by atoms with van der Waals surface area (Å²) in [7, 11) is 0. The monoisotopic (exact) mass is 420 g/mol. The van der Waals surface area contributed by atoms with Crippen LogP contribution in [0.15, 0.2) is 48.7 Å². The highest BCUT2D eigenvalue weighted by molar-refractivity contribution is 5.90. The van der Waals surface area contributed by atoms with Crippen molar-refractivity contribution in [2.75, 3.05) is 13.3 Å². The minimum Gasteiger partial charge on any atom is -0.454 e. The van der Waals surface area contributed by atoms with Gasteiger partial charge in [0.05, 0.1) is 11.7 Å². The summed E-state index contributed by atoms with van der Waals surface area (Å²) in [5.41, 5.74) is 2.01. The first-order valence-corrected chi connectivity index (χ1v) is 10.6. The van der Waals surface area contributed by atoms with E-state index < -0.39 is 6.04 Å². The first kappa shape index (κ1) is 19.4. The maximum atomic E-state index is 12.8. The number of likely N-dealkylation sites (tertiary alicyclic amines) is 1. The van der Waals surface area contributed by atoms with Crippen LogP contribution in [0.5, 0.6) is 11.5 Å². The molecule has 2 amide bonds. The molecule has 1 unspecified atom stereocenters. The predicted molar refractivity (Wildman–Crippen MR) is 113 cm³/mol. The summed E-state index contributed by atoms with van der Waals surface area (Å²) in [6.07, 6.45) is 3.55. The lowest BCUT2D eigenvalue weighted by Crippen LogP contribution is -2.44. The minimum absolute atomic E-state index is 0.000766. The SMILES string of the molecule is O=C(NCCCn1ncc2ccccc21)C1CCC(=O)N1Cc1ccc2c(c1)OCO2. The predicted octanol–water partition coefficient (Wildman–Crippen LogP) is 2.46. The highest BCUT2D eigenvalue weighted by Crippen LogP contribution is 2.33. The van der Waals surface area contributed by atoms with Crippen LogP contribution in [0.4, 0.5) is 0 Å². The zero-order valence-corrected chi connectivity index (χ0v) is 17.1. The molecule has 3 heterocycles. The van der Waals surface area contributed by atoms with Gasteiger partial charge in [-0.3, -0.25) is 14.3 Å². The molecule has 1 saturated heterocycles. The van der Waals surface area contributed by atoms with Crippen LogP contribution in [0.2, 0.25) is 0 Å². The highest BCUT2D eigenvalue weighted by atomic mass is 16.7. The van der Waals surface area contributed by atoms with E-state index >= 15 is 0 Å². The molecule has 0 bridgehead atoms. The molecule has 1 N–H and O–H groups in total. The topological polar surface area (TPSA) is 85.7 Å². The molecule has 0 saturated carbocycles. The number of nitrogens with one attached hydrogen (secondary N) is 1. The van der Waals surface area contributed by atoms with Gasteiger partial charge >= 0.3 is 0 Å². The van der Waals surface area contributed by atoms with Gasteiger partial charge in [-0.1, -0.05) is 24.3 Å². The second-order valence-corrected chi connectivity index (χ2v) is 7.83. The van der Waals surface area contributed by atoms with E-state index in [1.54, 1.807) is 4.90 Å². The van der Waals surface area contributed by atoms with Crippen LogP contribution < -0.4 is 14.8 Å². The number of fused-ring (bicyclic) bond motifs is 2. The Bertz CT molecular complexity index is 1130. The van der Waals surface area contributed by atoms with Crippen molar-refractivity contribution in [1.82, 2.24) is 20.0 Å². The number of carbonyl (C=O) groups excluding carboxylic acids is 2. The van der Waals surface area contributed by atoms with Gasteiger partial charge in [0.25, 0.3) is 0 Å². The Morgan fingerprint density at radius 1 is 1.16 bits per heavy atom. The number of aromatic nitrogens is 2. The standard InChI is InChI=1S/C23H24N4O4/c28-22-9-7-19(26(22)14-16-6-8-20-21(12-16)31-15-30-20)23(29)24-10-3-11-27-18-5-2-1-4-17(18)13-25-27/h1-2,4-6,8,12-13,19H,3,7,9-11,14-15H2,(H,24,29). The Labute approximate surface area is 179 Å². The molecule has 8 nitrogen and oxygen atoms in total.